The Labute approximate surface area is 348 Å². The summed E-state index contributed by atoms with van der Waals surface area (Å²) in [5, 5.41) is 10.3. The third kappa shape index (κ3) is 10.0. The molecule has 0 saturated heterocycles. The number of aromatic nitrogens is 6. The van der Waals surface area contributed by atoms with Crippen molar-refractivity contribution in [2.75, 3.05) is 0 Å². The maximum absolute atomic E-state index is 10.3. The Hall–Kier alpha value is -6.20. The predicted molar refractivity (Wildman–Crippen MR) is 237 cm³/mol. The lowest BCUT2D eigenvalue weighted by Gasteiger charge is -2.37. The summed E-state index contributed by atoms with van der Waals surface area (Å²) in [7, 11) is 1.67. The molecule has 285 valence electrons. The summed E-state index contributed by atoms with van der Waals surface area (Å²) in [5.41, 5.74) is 4.84. The van der Waals surface area contributed by atoms with Crippen molar-refractivity contribution >= 4 is 28.9 Å². The highest BCUT2D eigenvalue weighted by atomic mass is 79.9. The maximum atomic E-state index is 10.3. The highest BCUT2D eigenvalue weighted by Gasteiger charge is 2.35. The predicted octanol–water partition coefficient (Wildman–Crippen LogP) is 10.3. The van der Waals surface area contributed by atoms with E-state index in [1.807, 2.05) is 184 Å². The molecule has 2 aromatic heterocycles. The third-order valence-corrected chi connectivity index (χ3v) is 10.2. The molecular weight excluding hydrogens is 783 g/mol. The highest BCUT2D eigenvalue weighted by molar-refractivity contribution is 9.10. The molecule has 8 nitrogen and oxygen atoms in total. The fourth-order valence-corrected chi connectivity index (χ4v) is 5.81. The van der Waals surface area contributed by atoms with Crippen molar-refractivity contribution < 1.29 is 9.76 Å². The topological polar surface area (TPSA) is 107 Å². The molecule has 58 heavy (non-hydrogen) atoms. The van der Waals surface area contributed by atoms with Crippen LogP contribution in [0, 0.1) is 0 Å². The number of hydrogen-bond acceptors (Lipinski definition) is 8. The molecule has 8 aromatic rings. The summed E-state index contributed by atoms with van der Waals surface area (Å²) in [6.45, 7) is 7.19. The van der Waals surface area contributed by atoms with Crippen LogP contribution in [0.25, 0.3) is 68.3 Å². The molecule has 10 heteroatoms. The Balaban J connectivity index is 0.000000183. The van der Waals surface area contributed by atoms with E-state index in [2.05, 4.69) is 20.9 Å². The molecule has 0 fully saturated rings. The molecular formula is C48H41BBrN6O2. The number of hydrogen-bond donors (Lipinski definition) is 1. The quantitative estimate of drug-likeness (QED) is 0.136. The van der Waals surface area contributed by atoms with Crippen LogP contribution in [0.4, 0.5) is 0 Å². The molecule has 0 spiro atoms. The van der Waals surface area contributed by atoms with Crippen molar-refractivity contribution in [3.8, 4) is 68.3 Å². The molecule has 0 unspecified atom stereocenters. The summed E-state index contributed by atoms with van der Waals surface area (Å²) in [5.74, 6) is 3.88. The zero-order valence-electron chi connectivity index (χ0n) is 32.7. The third-order valence-electron chi connectivity index (χ3n) is 9.63. The normalized spacial score (nSPS) is 11.3. The van der Waals surface area contributed by atoms with E-state index in [9.17, 15) is 5.11 Å². The van der Waals surface area contributed by atoms with Gasteiger partial charge in [-0.05, 0) is 39.8 Å². The van der Waals surface area contributed by atoms with Gasteiger partial charge in [0.2, 0.25) is 0 Å². The first-order valence-corrected chi connectivity index (χ1v) is 19.7. The average molecular weight is 825 g/mol. The number of halogens is 1. The van der Waals surface area contributed by atoms with E-state index in [0.717, 1.165) is 43.3 Å². The van der Waals surface area contributed by atoms with E-state index in [-0.39, 0.29) is 0 Å². The lowest BCUT2D eigenvalue weighted by molar-refractivity contribution is -0.0893. The zero-order valence-corrected chi connectivity index (χ0v) is 34.2. The fraction of sp³-hybridized carbons (Fsp3) is 0.125. The number of aliphatic hydroxyl groups is 1. The molecule has 8 rings (SSSR count). The van der Waals surface area contributed by atoms with Crippen molar-refractivity contribution in [1.29, 1.82) is 0 Å². The molecule has 0 aliphatic heterocycles. The molecule has 1 radical (unpaired) electrons. The van der Waals surface area contributed by atoms with Crippen LogP contribution < -0.4 is 5.46 Å². The van der Waals surface area contributed by atoms with Gasteiger partial charge in [0.25, 0.3) is 0 Å². The Bertz CT molecular complexity index is 2440. The van der Waals surface area contributed by atoms with Crippen molar-refractivity contribution in [2.45, 2.75) is 38.9 Å². The summed E-state index contributed by atoms with van der Waals surface area (Å²) in [6.07, 6.45) is 0. The number of nitrogens with zero attached hydrogens (tertiary/aromatic N) is 6. The summed E-state index contributed by atoms with van der Waals surface area (Å²) < 4.78 is 6.89. The van der Waals surface area contributed by atoms with Crippen LogP contribution in [0.15, 0.2) is 174 Å². The molecule has 0 atom stereocenters. The van der Waals surface area contributed by atoms with E-state index < -0.39 is 11.2 Å². The van der Waals surface area contributed by atoms with Crippen LogP contribution in [-0.2, 0) is 4.65 Å². The molecule has 0 aliphatic rings. The maximum Gasteiger partial charge on any atom is 0.330 e. The molecule has 0 amide bonds. The van der Waals surface area contributed by atoms with Gasteiger partial charge in [-0.15, -0.1) is 0 Å². The lowest BCUT2D eigenvalue weighted by atomic mass is 9.82. The molecule has 0 bridgehead atoms. The second-order valence-corrected chi connectivity index (χ2v) is 15.4. The molecule has 2 heterocycles. The van der Waals surface area contributed by atoms with Gasteiger partial charge in [-0.25, -0.2) is 29.9 Å². The van der Waals surface area contributed by atoms with Crippen molar-refractivity contribution in [1.82, 2.24) is 29.9 Å². The largest absolute Gasteiger partial charge is 0.427 e. The zero-order chi connectivity index (χ0) is 40.5. The van der Waals surface area contributed by atoms with Gasteiger partial charge < -0.3 is 9.76 Å². The Kier molecular flexibility index (Phi) is 12.4. The van der Waals surface area contributed by atoms with Gasteiger partial charge in [-0.1, -0.05) is 179 Å². The number of rotatable bonds is 10. The molecule has 0 aliphatic carbocycles. The van der Waals surface area contributed by atoms with Crippen LogP contribution in [0.5, 0.6) is 0 Å². The standard InChI is InChI=1S/C27H27BN3O2.C21H14BrN3/c1-26(2,32)27(3,4)33-28-22-17-15-21(16-18-22)25-30-23(19-11-7-5-8-12-19)29-24(31-25)20-13-9-6-10-14-20;22-18-13-11-17(12-14-18)21-24-19(15-7-3-1-4-8-15)23-20(25-21)16-9-5-2-6-10-16/h5-18,32H,1-4H3;1-14H. The fourth-order valence-electron chi connectivity index (χ4n) is 5.54. The molecule has 0 saturated carbocycles. The molecule has 6 aromatic carbocycles. The first-order chi connectivity index (χ1) is 28.0. The van der Waals surface area contributed by atoms with Gasteiger partial charge in [0, 0.05) is 37.9 Å². The van der Waals surface area contributed by atoms with Crippen LogP contribution >= 0.6 is 15.9 Å². The van der Waals surface area contributed by atoms with Crippen molar-refractivity contribution in [3.05, 3.63) is 174 Å². The van der Waals surface area contributed by atoms with Gasteiger partial charge in [0.1, 0.15) is 0 Å². The second kappa shape index (κ2) is 17.9. The number of benzene rings is 6. The monoisotopic (exact) mass is 823 g/mol. The highest BCUT2D eigenvalue weighted by Crippen LogP contribution is 2.27. The molecule has 1 N–H and O–H groups in total. The Morgan fingerprint density at radius 3 is 0.931 bits per heavy atom. The van der Waals surface area contributed by atoms with Gasteiger partial charge in [-0.3, -0.25) is 0 Å². The summed E-state index contributed by atoms with van der Waals surface area (Å²) >= 11 is 3.47. The first kappa shape index (κ1) is 40.0. The smallest absolute Gasteiger partial charge is 0.330 e. The van der Waals surface area contributed by atoms with Crippen LogP contribution in [-0.4, -0.2) is 53.7 Å². The van der Waals surface area contributed by atoms with E-state index in [1.165, 1.54) is 0 Å². The minimum atomic E-state index is -0.976. The van der Waals surface area contributed by atoms with Crippen LogP contribution in [0.2, 0.25) is 0 Å². The second-order valence-electron chi connectivity index (χ2n) is 14.5. The average Bonchev–Trinajstić information content (AvgIpc) is 3.27. The minimum absolute atomic E-state index is 0.604. The van der Waals surface area contributed by atoms with Gasteiger partial charge in [0.15, 0.2) is 34.9 Å². The Morgan fingerprint density at radius 2 is 0.655 bits per heavy atom. The van der Waals surface area contributed by atoms with Crippen LogP contribution in [0.1, 0.15) is 27.7 Å². The van der Waals surface area contributed by atoms with Crippen LogP contribution in [0.3, 0.4) is 0 Å². The van der Waals surface area contributed by atoms with E-state index >= 15 is 0 Å². The summed E-state index contributed by atoms with van der Waals surface area (Å²) in [6, 6.07) is 55.6. The van der Waals surface area contributed by atoms with Gasteiger partial charge in [0.05, 0.1) is 11.2 Å². The van der Waals surface area contributed by atoms with Gasteiger partial charge >= 0.3 is 7.48 Å². The van der Waals surface area contributed by atoms with E-state index in [4.69, 9.17) is 29.6 Å². The SMILES string of the molecule is Brc1ccc(-c2nc(-c3ccccc3)nc(-c3ccccc3)n2)cc1.CC(C)(O)C(C)(C)O[B]c1ccc(-c2nc(-c3ccccc3)nc(-c3ccccc3)n2)cc1. The minimum Gasteiger partial charge on any atom is -0.427 e. The Morgan fingerprint density at radius 1 is 0.397 bits per heavy atom. The van der Waals surface area contributed by atoms with E-state index in [0.29, 0.717) is 34.9 Å². The summed E-state index contributed by atoms with van der Waals surface area (Å²) in [4.78, 5) is 28.3. The lowest BCUT2D eigenvalue weighted by Crippen LogP contribution is -2.49. The first-order valence-electron chi connectivity index (χ1n) is 18.9. The van der Waals surface area contributed by atoms with E-state index in [1.54, 1.807) is 21.3 Å². The van der Waals surface area contributed by atoms with Crippen molar-refractivity contribution in [2.24, 2.45) is 0 Å². The van der Waals surface area contributed by atoms with Gasteiger partial charge in [-0.2, -0.15) is 0 Å². The van der Waals surface area contributed by atoms with Crippen molar-refractivity contribution in [3.63, 3.8) is 0 Å².